The minimum absolute atomic E-state index is 0.0538. The van der Waals surface area contributed by atoms with Crippen molar-refractivity contribution in [2.45, 2.75) is 19.9 Å². The van der Waals surface area contributed by atoms with Crippen LogP contribution in [0.15, 0.2) is 6.33 Å². The third-order valence-corrected chi connectivity index (χ3v) is 3.03. The van der Waals surface area contributed by atoms with Crippen LogP contribution in [-0.4, -0.2) is 45.8 Å². The van der Waals surface area contributed by atoms with Crippen LogP contribution in [0.25, 0.3) is 0 Å². The minimum Gasteiger partial charge on any atom is -0.364 e. The molecule has 2 heterocycles. The Labute approximate surface area is 119 Å². The van der Waals surface area contributed by atoms with Crippen LogP contribution in [0.2, 0.25) is 0 Å². The van der Waals surface area contributed by atoms with Crippen molar-refractivity contribution in [3.8, 4) is 0 Å². The van der Waals surface area contributed by atoms with Crippen molar-refractivity contribution < 1.29 is 14.5 Å². The molecule has 21 heavy (non-hydrogen) atoms. The second kappa shape index (κ2) is 5.69. The molecule has 10 heteroatoms. The van der Waals surface area contributed by atoms with Crippen LogP contribution in [-0.2, 0) is 9.59 Å². The van der Waals surface area contributed by atoms with Gasteiger partial charge < -0.3 is 10.2 Å². The number of piperazine rings is 1. The van der Waals surface area contributed by atoms with Gasteiger partial charge in [-0.05, 0) is 13.8 Å². The van der Waals surface area contributed by atoms with Gasteiger partial charge in [-0.25, -0.2) is 9.97 Å². The molecule has 1 aliphatic heterocycles. The molecule has 1 fully saturated rings. The van der Waals surface area contributed by atoms with Gasteiger partial charge in [0.1, 0.15) is 12.4 Å². The zero-order valence-electron chi connectivity index (χ0n) is 11.5. The van der Waals surface area contributed by atoms with Crippen LogP contribution in [0.3, 0.4) is 0 Å². The van der Waals surface area contributed by atoms with Crippen molar-refractivity contribution in [2.75, 3.05) is 23.3 Å². The molecule has 1 aromatic heterocycles. The van der Waals surface area contributed by atoms with Crippen LogP contribution in [0.1, 0.15) is 13.8 Å². The summed E-state index contributed by atoms with van der Waals surface area (Å²) in [5.74, 6) is -1.06. The van der Waals surface area contributed by atoms with Gasteiger partial charge in [-0.15, -0.1) is 0 Å². The van der Waals surface area contributed by atoms with E-state index >= 15 is 0 Å². The van der Waals surface area contributed by atoms with Crippen LogP contribution in [0.5, 0.6) is 0 Å². The Morgan fingerprint density at radius 1 is 1.52 bits per heavy atom. The number of aromatic nitrogens is 2. The van der Waals surface area contributed by atoms with Gasteiger partial charge in [-0.1, -0.05) is 0 Å². The average Bonchev–Trinajstić information content (AvgIpc) is 2.42. The standard InChI is InChI=1S/C11H14N6O4/c1-3-12-9-8(17(20)21)10(14-5-13-9)16-4-7(18)15-11(19)6(16)2/h5-6H,3-4H2,1-2H3,(H,12,13,14)(H,15,18,19). The zero-order chi connectivity index (χ0) is 15.6. The summed E-state index contributed by atoms with van der Waals surface area (Å²) >= 11 is 0. The molecule has 1 atom stereocenters. The first-order valence-corrected chi connectivity index (χ1v) is 6.29. The monoisotopic (exact) mass is 294 g/mol. The first kappa shape index (κ1) is 14.6. The molecule has 0 spiro atoms. The average molecular weight is 294 g/mol. The molecule has 10 nitrogen and oxygen atoms in total. The quantitative estimate of drug-likeness (QED) is 0.438. The number of amides is 2. The molecule has 0 radical (unpaired) electrons. The van der Waals surface area contributed by atoms with Crippen molar-refractivity contribution in [1.82, 2.24) is 15.3 Å². The van der Waals surface area contributed by atoms with Gasteiger partial charge in [0.15, 0.2) is 0 Å². The topological polar surface area (TPSA) is 130 Å². The number of rotatable bonds is 4. The summed E-state index contributed by atoms with van der Waals surface area (Å²) in [5.41, 5.74) is -0.353. The Kier molecular flexibility index (Phi) is 3.96. The lowest BCUT2D eigenvalue weighted by atomic mass is 10.2. The van der Waals surface area contributed by atoms with Gasteiger partial charge in [-0.3, -0.25) is 25.0 Å². The Hall–Kier alpha value is -2.78. The number of nitro groups is 1. The van der Waals surface area contributed by atoms with E-state index in [2.05, 4.69) is 20.6 Å². The molecule has 1 aromatic rings. The molecule has 2 N–H and O–H groups in total. The number of anilines is 2. The summed E-state index contributed by atoms with van der Waals surface area (Å²) in [6.45, 7) is 3.56. The predicted molar refractivity (Wildman–Crippen MR) is 72.8 cm³/mol. The van der Waals surface area contributed by atoms with Crippen molar-refractivity contribution in [3.05, 3.63) is 16.4 Å². The van der Waals surface area contributed by atoms with Crippen LogP contribution in [0.4, 0.5) is 17.3 Å². The molecule has 0 aromatic carbocycles. The number of imide groups is 1. The van der Waals surface area contributed by atoms with Gasteiger partial charge >= 0.3 is 5.69 Å². The fraction of sp³-hybridized carbons (Fsp3) is 0.455. The van der Waals surface area contributed by atoms with E-state index in [-0.39, 0.29) is 23.9 Å². The highest BCUT2D eigenvalue weighted by molar-refractivity contribution is 6.04. The number of nitrogens with one attached hydrogen (secondary N) is 2. The Bertz CT molecular complexity index is 604. The molecule has 1 unspecified atom stereocenters. The summed E-state index contributed by atoms with van der Waals surface area (Å²) in [5, 5.41) is 16.2. The number of hydrogen-bond acceptors (Lipinski definition) is 8. The molecule has 0 bridgehead atoms. The molecule has 2 amide bonds. The number of hydrogen-bond donors (Lipinski definition) is 2. The molecular formula is C11H14N6O4. The highest BCUT2D eigenvalue weighted by atomic mass is 16.6. The van der Waals surface area contributed by atoms with Crippen molar-refractivity contribution in [1.29, 1.82) is 0 Å². The van der Waals surface area contributed by atoms with E-state index in [4.69, 9.17) is 0 Å². The summed E-state index contributed by atoms with van der Waals surface area (Å²) in [6.07, 6.45) is 1.16. The normalized spacial score (nSPS) is 18.4. The van der Waals surface area contributed by atoms with Gasteiger partial charge in [-0.2, -0.15) is 0 Å². The minimum atomic E-state index is -0.745. The van der Waals surface area contributed by atoms with Crippen LogP contribution < -0.4 is 15.5 Å². The third kappa shape index (κ3) is 2.73. The molecular weight excluding hydrogens is 280 g/mol. The van der Waals surface area contributed by atoms with Crippen molar-refractivity contribution >= 4 is 29.1 Å². The highest BCUT2D eigenvalue weighted by Crippen LogP contribution is 2.33. The maximum Gasteiger partial charge on any atom is 0.353 e. The van der Waals surface area contributed by atoms with E-state index in [0.29, 0.717) is 6.54 Å². The zero-order valence-corrected chi connectivity index (χ0v) is 11.5. The Morgan fingerprint density at radius 2 is 2.24 bits per heavy atom. The summed E-state index contributed by atoms with van der Waals surface area (Å²) in [4.78, 5) is 42.9. The van der Waals surface area contributed by atoms with E-state index in [9.17, 15) is 19.7 Å². The first-order valence-electron chi connectivity index (χ1n) is 6.29. The molecule has 0 saturated carbocycles. The molecule has 2 rings (SSSR count). The van der Waals surface area contributed by atoms with Crippen molar-refractivity contribution in [2.24, 2.45) is 0 Å². The Morgan fingerprint density at radius 3 is 2.86 bits per heavy atom. The van der Waals surface area contributed by atoms with Crippen molar-refractivity contribution in [3.63, 3.8) is 0 Å². The Balaban J connectivity index is 2.51. The lowest BCUT2D eigenvalue weighted by Gasteiger charge is -2.32. The van der Waals surface area contributed by atoms with E-state index in [0.717, 1.165) is 6.33 Å². The van der Waals surface area contributed by atoms with Gasteiger partial charge in [0.05, 0.1) is 11.5 Å². The second-order valence-electron chi connectivity index (χ2n) is 4.40. The third-order valence-electron chi connectivity index (χ3n) is 3.03. The molecule has 0 aliphatic carbocycles. The smallest absolute Gasteiger partial charge is 0.353 e. The molecule has 112 valence electrons. The fourth-order valence-corrected chi connectivity index (χ4v) is 2.02. The lowest BCUT2D eigenvalue weighted by Crippen LogP contribution is -2.57. The van der Waals surface area contributed by atoms with Gasteiger partial charge in [0.2, 0.25) is 23.5 Å². The number of nitrogens with zero attached hydrogens (tertiary/aromatic N) is 4. The lowest BCUT2D eigenvalue weighted by molar-refractivity contribution is -0.383. The summed E-state index contributed by atoms with van der Waals surface area (Å²) in [7, 11) is 0. The molecule has 1 saturated heterocycles. The second-order valence-corrected chi connectivity index (χ2v) is 4.40. The first-order chi connectivity index (χ1) is 9.95. The van der Waals surface area contributed by atoms with Gasteiger partial charge in [0, 0.05) is 6.54 Å². The predicted octanol–water partition coefficient (Wildman–Crippen LogP) is -0.332. The summed E-state index contributed by atoms with van der Waals surface area (Å²) in [6, 6.07) is -0.745. The van der Waals surface area contributed by atoms with Crippen LogP contribution in [0, 0.1) is 10.1 Å². The largest absolute Gasteiger partial charge is 0.364 e. The highest BCUT2D eigenvalue weighted by Gasteiger charge is 2.36. The van der Waals surface area contributed by atoms with E-state index in [1.807, 2.05) is 0 Å². The SMILES string of the molecule is CCNc1ncnc(N2CC(=O)NC(=O)C2C)c1[N+](=O)[O-]. The maximum atomic E-state index is 11.7. The molecule has 1 aliphatic rings. The van der Waals surface area contributed by atoms with Crippen LogP contribution >= 0.6 is 0 Å². The van der Waals surface area contributed by atoms with E-state index in [1.54, 1.807) is 13.8 Å². The summed E-state index contributed by atoms with van der Waals surface area (Å²) < 4.78 is 0. The van der Waals surface area contributed by atoms with Gasteiger partial charge in [0.25, 0.3) is 0 Å². The fourth-order valence-electron chi connectivity index (χ4n) is 2.02. The number of carbonyl (C=O) groups excluding carboxylic acids is 2. The number of carbonyl (C=O) groups is 2. The maximum absolute atomic E-state index is 11.7. The van der Waals surface area contributed by atoms with E-state index < -0.39 is 22.8 Å². The van der Waals surface area contributed by atoms with E-state index in [1.165, 1.54) is 4.90 Å².